The Bertz CT molecular complexity index is 274. The fourth-order valence-corrected chi connectivity index (χ4v) is 2.34. The van der Waals surface area contributed by atoms with Crippen molar-refractivity contribution in [3.63, 3.8) is 0 Å². The van der Waals surface area contributed by atoms with E-state index >= 15 is 0 Å². The molecule has 1 N–H and O–H groups in total. The topological polar surface area (TPSA) is 52.9 Å². The second kappa shape index (κ2) is 5.89. The van der Waals surface area contributed by atoms with Crippen LogP contribution < -0.4 is 5.32 Å². The second-order valence-corrected chi connectivity index (χ2v) is 4.93. The van der Waals surface area contributed by atoms with Crippen LogP contribution in [0.5, 0.6) is 0 Å². The van der Waals surface area contributed by atoms with Gasteiger partial charge in [0.25, 0.3) is 0 Å². The van der Waals surface area contributed by atoms with E-state index in [1.807, 2.05) is 6.92 Å². The molecule has 1 saturated carbocycles. The molecule has 1 atom stereocenters. The van der Waals surface area contributed by atoms with Gasteiger partial charge in [0.15, 0.2) is 0 Å². The highest BCUT2D eigenvalue weighted by molar-refractivity contribution is 5.79. The maximum Gasteiger partial charge on any atom is 0.224 e. The number of carbonyl (C=O) groups is 1. The van der Waals surface area contributed by atoms with Gasteiger partial charge in [0, 0.05) is 5.92 Å². The summed E-state index contributed by atoms with van der Waals surface area (Å²) in [5, 5.41) is 12.2. The van der Waals surface area contributed by atoms with Crippen LogP contribution >= 0.6 is 0 Å². The Hall–Kier alpha value is -1.04. The lowest BCUT2D eigenvalue weighted by Gasteiger charge is -2.32. The number of rotatable bonds is 4. The van der Waals surface area contributed by atoms with Crippen LogP contribution in [-0.4, -0.2) is 11.4 Å². The van der Waals surface area contributed by atoms with E-state index in [1.54, 1.807) is 0 Å². The number of nitrogens with one attached hydrogen (secondary N) is 1. The molecule has 1 amide bonds. The third-order valence-corrected chi connectivity index (χ3v) is 3.45. The molecular formula is C13H22N2O. The minimum atomic E-state index is -0.572. The third kappa shape index (κ3) is 3.23. The molecule has 0 heterocycles. The van der Waals surface area contributed by atoms with Crippen molar-refractivity contribution >= 4 is 5.91 Å². The Morgan fingerprint density at radius 1 is 1.44 bits per heavy atom. The van der Waals surface area contributed by atoms with Gasteiger partial charge >= 0.3 is 0 Å². The van der Waals surface area contributed by atoms with Crippen molar-refractivity contribution in [2.24, 2.45) is 5.92 Å². The first-order valence-corrected chi connectivity index (χ1v) is 6.37. The summed E-state index contributed by atoms with van der Waals surface area (Å²) in [6.45, 7) is 4.01. The minimum absolute atomic E-state index is 0.0251. The molecule has 0 bridgehead atoms. The first-order chi connectivity index (χ1) is 7.63. The van der Waals surface area contributed by atoms with E-state index in [0.29, 0.717) is 0 Å². The maximum atomic E-state index is 11.9. The second-order valence-electron chi connectivity index (χ2n) is 4.93. The van der Waals surface area contributed by atoms with Crippen LogP contribution in [0.15, 0.2) is 0 Å². The lowest BCUT2D eigenvalue weighted by atomic mass is 9.82. The molecule has 0 radical (unpaired) electrons. The molecule has 0 spiro atoms. The Kier molecular flexibility index (Phi) is 4.79. The van der Waals surface area contributed by atoms with Crippen molar-refractivity contribution in [2.75, 3.05) is 0 Å². The zero-order valence-corrected chi connectivity index (χ0v) is 10.4. The van der Waals surface area contributed by atoms with Crippen molar-refractivity contribution in [1.29, 1.82) is 5.26 Å². The predicted molar refractivity (Wildman–Crippen MR) is 63.6 cm³/mol. The number of nitriles is 1. The van der Waals surface area contributed by atoms with Gasteiger partial charge in [-0.05, 0) is 19.3 Å². The van der Waals surface area contributed by atoms with E-state index in [4.69, 9.17) is 0 Å². The molecule has 1 rings (SSSR count). The summed E-state index contributed by atoms with van der Waals surface area (Å²) in [5.41, 5.74) is -0.572. The van der Waals surface area contributed by atoms with Gasteiger partial charge in [-0.2, -0.15) is 5.26 Å². The highest BCUT2D eigenvalue weighted by Crippen LogP contribution is 2.28. The van der Waals surface area contributed by atoms with Gasteiger partial charge in [-0.3, -0.25) is 4.79 Å². The average Bonchev–Trinajstić information content (AvgIpc) is 2.30. The Morgan fingerprint density at radius 2 is 2.06 bits per heavy atom. The minimum Gasteiger partial charge on any atom is -0.338 e. The van der Waals surface area contributed by atoms with Crippen LogP contribution in [0, 0.1) is 17.2 Å². The average molecular weight is 222 g/mol. The summed E-state index contributed by atoms with van der Waals surface area (Å²) in [7, 11) is 0. The van der Waals surface area contributed by atoms with Crippen molar-refractivity contribution in [3.8, 4) is 6.07 Å². The molecule has 0 aromatic carbocycles. The molecule has 1 aliphatic rings. The van der Waals surface area contributed by atoms with Crippen LogP contribution in [0.4, 0.5) is 0 Å². The summed E-state index contributed by atoms with van der Waals surface area (Å²) in [6, 6.07) is 2.31. The maximum absolute atomic E-state index is 11.9. The molecule has 0 aromatic rings. The van der Waals surface area contributed by atoms with Crippen molar-refractivity contribution in [3.05, 3.63) is 0 Å². The molecule has 0 aromatic heterocycles. The fourth-order valence-electron chi connectivity index (χ4n) is 2.34. The zero-order chi connectivity index (χ0) is 12.0. The standard InChI is InChI=1S/C13H22N2O/c1-3-7-11(2)12(16)15-13(10-14)8-5-4-6-9-13/h11H,3-9H2,1-2H3,(H,15,16). The summed E-state index contributed by atoms with van der Waals surface area (Å²) in [5.74, 6) is 0.0717. The van der Waals surface area contributed by atoms with Gasteiger partial charge < -0.3 is 5.32 Å². The summed E-state index contributed by atoms with van der Waals surface area (Å²) < 4.78 is 0. The van der Waals surface area contributed by atoms with Crippen molar-refractivity contribution in [2.45, 2.75) is 64.3 Å². The number of hydrogen-bond acceptors (Lipinski definition) is 2. The number of hydrogen-bond donors (Lipinski definition) is 1. The predicted octanol–water partition coefficient (Wildman–Crippen LogP) is 2.77. The molecule has 16 heavy (non-hydrogen) atoms. The highest BCUT2D eigenvalue weighted by atomic mass is 16.2. The van der Waals surface area contributed by atoms with Gasteiger partial charge in [-0.1, -0.05) is 39.5 Å². The largest absolute Gasteiger partial charge is 0.338 e. The zero-order valence-electron chi connectivity index (χ0n) is 10.4. The molecule has 3 heteroatoms. The molecule has 3 nitrogen and oxygen atoms in total. The molecule has 90 valence electrons. The molecule has 1 unspecified atom stereocenters. The van der Waals surface area contributed by atoms with Crippen LogP contribution in [0.3, 0.4) is 0 Å². The van der Waals surface area contributed by atoms with Crippen molar-refractivity contribution in [1.82, 2.24) is 5.32 Å². The first-order valence-electron chi connectivity index (χ1n) is 6.37. The quantitative estimate of drug-likeness (QED) is 0.795. The lowest BCUT2D eigenvalue weighted by Crippen LogP contribution is -2.50. The first kappa shape index (κ1) is 13.0. The summed E-state index contributed by atoms with van der Waals surface area (Å²) >= 11 is 0. The van der Waals surface area contributed by atoms with E-state index in [-0.39, 0.29) is 11.8 Å². The number of amides is 1. The Morgan fingerprint density at radius 3 is 2.56 bits per heavy atom. The molecule has 0 aliphatic heterocycles. The lowest BCUT2D eigenvalue weighted by molar-refractivity contribution is -0.126. The summed E-state index contributed by atoms with van der Waals surface area (Å²) in [4.78, 5) is 11.9. The van der Waals surface area contributed by atoms with Crippen LogP contribution in [0.1, 0.15) is 58.8 Å². The SMILES string of the molecule is CCCC(C)C(=O)NC1(C#N)CCCCC1. The van der Waals surface area contributed by atoms with E-state index in [9.17, 15) is 10.1 Å². The molecule has 1 fully saturated rings. The van der Waals surface area contributed by atoms with Gasteiger partial charge in [0.2, 0.25) is 5.91 Å². The van der Waals surface area contributed by atoms with E-state index in [2.05, 4.69) is 18.3 Å². The Labute approximate surface area is 98.2 Å². The van der Waals surface area contributed by atoms with Gasteiger partial charge in [-0.25, -0.2) is 0 Å². The van der Waals surface area contributed by atoms with Gasteiger partial charge in [0.1, 0.15) is 5.54 Å². The fraction of sp³-hybridized carbons (Fsp3) is 0.846. The molecular weight excluding hydrogens is 200 g/mol. The molecule has 0 saturated heterocycles. The smallest absolute Gasteiger partial charge is 0.224 e. The number of carbonyl (C=O) groups excluding carboxylic acids is 1. The third-order valence-electron chi connectivity index (χ3n) is 3.45. The van der Waals surface area contributed by atoms with E-state index < -0.39 is 5.54 Å². The monoisotopic (exact) mass is 222 g/mol. The molecule has 1 aliphatic carbocycles. The van der Waals surface area contributed by atoms with Gasteiger partial charge in [-0.15, -0.1) is 0 Å². The van der Waals surface area contributed by atoms with E-state index in [1.165, 1.54) is 6.42 Å². The number of nitrogens with zero attached hydrogens (tertiary/aromatic N) is 1. The van der Waals surface area contributed by atoms with Crippen molar-refractivity contribution < 1.29 is 4.79 Å². The van der Waals surface area contributed by atoms with E-state index in [0.717, 1.165) is 38.5 Å². The highest BCUT2D eigenvalue weighted by Gasteiger charge is 2.34. The van der Waals surface area contributed by atoms with Crippen LogP contribution in [-0.2, 0) is 4.79 Å². The van der Waals surface area contributed by atoms with Crippen LogP contribution in [0.25, 0.3) is 0 Å². The summed E-state index contributed by atoms with van der Waals surface area (Å²) in [6.07, 6.45) is 6.82. The van der Waals surface area contributed by atoms with Crippen LogP contribution in [0.2, 0.25) is 0 Å². The normalized spacial score (nSPS) is 20.8. The Balaban J connectivity index is 2.56. The van der Waals surface area contributed by atoms with Gasteiger partial charge in [0.05, 0.1) is 6.07 Å².